The molecule has 11 heavy (non-hydrogen) atoms. The molecule has 0 aromatic carbocycles. The van der Waals surface area contributed by atoms with Crippen LogP contribution in [0.3, 0.4) is 0 Å². The molecule has 4 nitrogen and oxygen atoms in total. The zero-order chi connectivity index (χ0) is 8.10. The highest BCUT2D eigenvalue weighted by molar-refractivity contribution is 5.59. The van der Waals surface area contributed by atoms with Crippen molar-refractivity contribution in [3.63, 3.8) is 0 Å². The van der Waals surface area contributed by atoms with Gasteiger partial charge in [-0.3, -0.25) is 10.8 Å². The first-order valence-corrected chi connectivity index (χ1v) is 3.18. The molecule has 1 aromatic heterocycles. The highest BCUT2D eigenvalue weighted by Crippen LogP contribution is 2.02. The fraction of sp³-hybridized carbons (Fsp3) is 0. The van der Waals surface area contributed by atoms with E-state index >= 15 is 0 Å². The second-order valence-corrected chi connectivity index (χ2v) is 1.94. The molecule has 4 heteroatoms. The van der Waals surface area contributed by atoms with Crippen LogP contribution in [0.2, 0.25) is 0 Å². The van der Waals surface area contributed by atoms with Crippen LogP contribution in [0.15, 0.2) is 30.6 Å². The van der Waals surface area contributed by atoms with Gasteiger partial charge in [-0.15, -0.1) is 0 Å². The van der Waals surface area contributed by atoms with Gasteiger partial charge in [-0.25, -0.2) is 0 Å². The van der Waals surface area contributed by atoms with E-state index < -0.39 is 0 Å². The molecule has 1 heterocycles. The maximum Gasteiger partial charge on any atom is 0.0900 e. The summed E-state index contributed by atoms with van der Waals surface area (Å²) in [5.74, 6) is 5.18. The Hall–Kier alpha value is -1.55. The molecule has 0 atom stereocenters. The Morgan fingerprint density at radius 3 is 2.82 bits per heavy atom. The summed E-state index contributed by atoms with van der Waals surface area (Å²) in [5.41, 5.74) is 9.06. The van der Waals surface area contributed by atoms with Crippen LogP contribution in [0.4, 0.5) is 0 Å². The molecular formula is C7H10N4. The lowest BCUT2D eigenvalue weighted by atomic mass is 10.3. The van der Waals surface area contributed by atoms with E-state index in [0.29, 0.717) is 5.70 Å². The first-order valence-electron chi connectivity index (χ1n) is 3.18. The molecule has 0 aliphatic rings. The highest BCUT2D eigenvalue weighted by Gasteiger charge is 1.96. The van der Waals surface area contributed by atoms with E-state index in [1.165, 1.54) is 6.20 Å². The number of aromatic nitrogens is 1. The van der Waals surface area contributed by atoms with Crippen LogP contribution in [0.25, 0.3) is 5.70 Å². The number of nitrogens with one attached hydrogen (secondary N) is 1. The second-order valence-electron chi connectivity index (χ2n) is 1.94. The monoisotopic (exact) mass is 150 g/mol. The van der Waals surface area contributed by atoms with Gasteiger partial charge in [0.25, 0.3) is 0 Å². The van der Waals surface area contributed by atoms with Gasteiger partial charge in [0.2, 0.25) is 0 Å². The van der Waals surface area contributed by atoms with Crippen molar-refractivity contribution < 1.29 is 0 Å². The molecule has 0 unspecified atom stereocenters. The SMILES string of the molecule is N/C=C(\NN)c1ccccn1. The number of nitrogens with two attached hydrogens (primary N) is 2. The number of hydrogen-bond acceptors (Lipinski definition) is 4. The molecule has 0 bridgehead atoms. The summed E-state index contributed by atoms with van der Waals surface area (Å²) >= 11 is 0. The average Bonchev–Trinajstić information content (AvgIpc) is 2.09. The van der Waals surface area contributed by atoms with Crippen LogP contribution in [-0.2, 0) is 0 Å². The van der Waals surface area contributed by atoms with Crippen molar-refractivity contribution in [3.05, 3.63) is 36.3 Å². The lowest BCUT2D eigenvalue weighted by Gasteiger charge is -2.02. The third-order valence-electron chi connectivity index (χ3n) is 1.26. The fourth-order valence-corrected chi connectivity index (χ4v) is 0.730. The summed E-state index contributed by atoms with van der Waals surface area (Å²) in [4.78, 5) is 4.03. The molecule has 0 spiro atoms. The lowest BCUT2D eigenvalue weighted by molar-refractivity contribution is 0.973. The van der Waals surface area contributed by atoms with Crippen LogP contribution in [0, 0.1) is 0 Å². The van der Waals surface area contributed by atoms with Crippen molar-refractivity contribution in [2.24, 2.45) is 11.6 Å². The van der Waals surface area contributed by atoms with Gasteiger partial charge in [0.05, 0.1) is 11.4 Å². The molecule has 5 N–H and O–H groups in total. The Morgan fingerprint density at radius 2 is 2.36 bits per heavy atom. The summed E-state index contributed by atoms with van der Waals surface area (Å²) in [6.07, 6.45) is 3.05. The zero-order valence-corrected chi connectivity index (χ0v) is 5.99. The van der Waals surface area contributed by atoms with Crippen molar-refractivity contribution in [3.8, 4) is 0 Å². The molecule has 1 aromatic rings. The van der Waals surface area contributed by atoms with Crippen molar-refractivity contribution >= 4 is 5.70 Å². The predicted molar refractivity (Wildman–Crippen MR) is 43.7 cm³/mol. The Morgan fingerprint density at radius 1 is 1.55 bits per heavy atom. The van der Waals surface area contributed by atoms with Crippen LogP contribution < -0.4 is 17.0 Å². The molecule has 0 amide bonds. The van der Waals surface area contributed by atoms with Gasteiger partial charge in [-0.05, 0) is 12.1 Å². The maximum atomic E-state index is 5.27. The number of hydrogen-bond donors (Lipinski definition) is 3. The number of hydrazine groups is 1. The van der Waals surface area contributed by atoms with Crippen molar-refractivity contribution in [1.82, 2.24) is 10.4 Å². The summed E-state index contributed by atoms with van der Waals surface area (Å²) in [6, 6.07) is 5.51. The van der Waals surface area contributed by atoms with Gasteiger partial charge >= 0.3 is 0 Å². The van der Waals surface area contributed by atoms with Gasteiger partial charge in [-0.1, -0.05) is 6.07 Å². The minimum atomic E-state index is 0.616. The minimum absolute atomic E-state index is 0.616. The van der Waals surface area contributed by atoms with Gasteiger partial charge in [0.15, 0.2) is 0 Å². The third-order valence-corrected chi connectivity index (χ3v) is 1.26. The molecule has 0 radical (unpaired) electrons. The lowest BCUT2D eigenvalue weighted by Crippen LogP contribution is -2.21. The van der Waals surface area contributed by atoms with Gasteiger partial charge in [0.1, 0.15) is 0 Å². The van der Waals surface area contributed by atoms with Crippen LogP contribution in [-0.4, -0.2) is 4.98 Å². The topological polar surface area (TPSA) is 77.0 Å². The van der Waals surface area contributed by atoms with E-state index in [9.17, 15) is 0 Å². The van der Waals surface area contributed by atoms with Gasteiger partial charge in [0, 0.05) is 12.4 Å². The molecule has 0 saturated carbocycles. The van der Waals surface area contributed by atoms with E-state index in [4.69, 9.17) is 11.6 Å². The Bertz CT molecular complexity index is 242. The summed E-state index contributed by atoms with van der Waals surface area (Å²) in [7, 11) is 0. The van der Waals surface area contributed by atoms with E-state index in [1.54, 1.807) is 6.20 Å². The summed E-state index contributed by atoms with van der Waals surface area (Å²) in [5, 5.41) is 0. The minimum Gasteiger partial charge on any atom is -0.403 e. The first kappa shape index (κ1) is 7.56. The highest BCUT2D eigenvalue weighted by atomic mass is 15.2. The van der Waals surface area contributed by atoms with Gasteiger partial charge in [-0.2, -0.15) is 0 Å². The van der Waals surface area contributed by atoms with E-state index in [0.717, 1.165) is 5.69 Å². The third kappa shape index (κ3) is 1.68. The predicted octanol–water partition coefficient (Wildman–Crippen LogP) is -0.198. The van der Waals surface area contributed by atoms with E-state index in [1.807, 2.05) is 18.2 Å². The number of rotatable bonds is 2. The Balaban J connectivity index is 2.92. The van der Waals surface area contributed by atoms with Crippen LogP contribution in [0.5, 0.6) is 0 Å². The van der Waals surface area contributed by atoms with E-state index in [-0.39, 0.29) is 0 Å². The molecule has 0 saturated heterocycles. The second kappa shape index (κ2) is 3.58. The molecule has 1 rings (SSSR count). The van der Waals surface area contributed by atoms with Crippen LogP contribution >= 0.6 is 0 Å². The molecule has 0 aliphatic carbocycles. The average molecular weight is 150 g/mol. The van der Waals surface area contributed by atoms with Crippen LogP contribution in [0.1, 0.15) is 5.69 Å². The molecule has 58 valence electrons. The molecule has 0 aliphatic heterocycles. The normalized spacial score (nSPS) is 11.2. The fourth-order valence-electron chi connectivity index (χ4n) is 0.730. The number of pyridine rings is 1. The van der Waals surface area contributed by atoms with Gasteiger partial charge < -0.3 is 11.2 Å². The quantitative estimate of drug-likeness (QED) is 0.403. The molecule has 0 fully saturated rings. The zero-order valence-electron chi connectivity index (χ0n) is 5.99. The number of nitrogens with zero attached hydrogens (tertiary/aromatic N) is 1. The summed E-state index contributed by atoms with van der Waals surface area (Å²) in [6.45, 7) is 0. The summed E-state index contributed by atoms with van der Waals surface area (Å²) < 4.78 is 0. The Labute approximate surface area is 64.9 Å². The standard InChI is InChI=1S/C7H10N4/c8-5-7(11-9)6-3-1-2-4-10-6/h1-5,11H,8-9H2/b7-5-. The Kier molecular flexibility index (Phi) is 2.46. The first-order chi connectivity index (χ1) is 5.38. The maximum absolute atomic E-state index is 5.27. The van der Waals surface area contributed by atoms with Crippen molar-refractivity contribution in [2.45, 2.75) is 0 Å². The van der Waals surface area contributed by atoms with E-state index in [2.05, 4.69) is 10.4 Å². The molecular weight excluding hydrogens is 140 g/mol. The van der Waals surface area contributed by atoms with Crippen molar-refractivity contribution in [1.29, 1.82) is 0 Å². The largest absolute Gasteiger partial charge is 0.403 e. The van der Waals surface area contributed by atoms with Crippen molar-refractivity contribution in [2.75, 3.05) is 0 Å². The smallest absolute Gasteiger partial charge is 0.0900 e.